The van der Waals surface area contributed by atoms with Gasteiger partial charge in [0.15, 0.2) is 0 Å². The predicted molar refractivity (Wildman–Crippen MR) is 103 cm³/mol. The molecule has 1 spiro atoms. The van der Waals surface area contributed by atoms with Gasteiger partial charge in [-0.3, -0.25) is 14.9 Å². The summed E-state index contributed by atoms with van der Waals surface area (Å²) in [7, 11) is 1.69. The normalized spacial score (nSPS) is 21.9. The summed E-state index contributed by atoms with van der Waals surface area (Å²) in [4.78, 5) is 14.3. The molecule has 2 aromatic rings. The Morgan fingerprint density at radius 1 is 1.19 bits per heavy atom. The van der Waals surface area contributed by atoms with Crippen molar-refractivity contribution in [1.82, 2.24) is 10.4 Å². The summed E-state index contributed by atoms with van der Waals surface area (Å²) in [5.74, 6) is 0.452. The molecule has 1 unspecified atom stereocenters. The fourth-order valence-electron chi connectivity index (χ4n) is 4.63. The average Bonchev–Trinajstić information content (AvgIpc) is 3.09. The average molecular weight is 366 g/mol. The second kappa shape index (κ2) is 7.33. The fourth-order valence-corrected chi connectivity index (χ4v) is 4.63. The molecule has 2 aliphatic rings. The molecule has 1 heterocycles. The van der Waals surface area contributed by atoms with Crippen LogP contribution in [0.5, 0.6) is 5.75 Å². The van der Waals surface area contributed by atoms with E-state index < -0.39 is 5.91 Å². The van der Waals surface area contributed by atoms with Crippen LogP contribution in [0.3, 0.4) is 0 Å². The number of nitrogens with one attached hydrogen (secondary N) is 1. The molecule has 27 heavy (non-hydrogen) atoms. The number of hydroxylamine groups is 1. The molecule has 5 nitrogen and oxygen atoms in total. The van der Waals surface area contributed by atoms with E-state index in [-0.39, 0.29) is 0 Å². The third-order valence-electron chi connectivity index (χ3n) is 6.14. The standard InChI is InChI=1S/C22H26N2O3/c1-27-20-6-2-16(3-7-20)14-24-11-10-22(15-24)9-8-17-4-5-18(21(25)23-26)12-19(17)13-22/h2-7,12,26H,8-11,13-15H2,1H3,(H,23,25). The Morgan fingerprint density at radius 3 is 2.74 bits per heavy atom. The minimum atomic E-state index is -0.440. The van der Waals surface area contributed by atoms with Crippen LogP contribution in [-0.4, -0.2) is 36.2 Å². The molecular formula is C22H26N2O3. The molecule has 0 radical (unpaired) electrons. The number of fused-ring (bicyclic) bond motifs is 1. The zero-order valence-electron chi connectivity index (χ0n) is 15.7. The SMILES string of the molecule is COc1ccc(CN2CCC3(CCc4ccc(C(=O)NO)cc4C3)C2)cc1. The highest BCUT2D eigenvalue weighted by Crippen LogP contribution is 2.43. The number of carbonyl (C=O) groups is 1. The lowest BCUT2D eigenvalue weighted by molar-refractivity contribution is 0.0706. The van der Waals surface area contributed by atoms with Gasteiger partial charge in [0.25, 0.3) is 5.91 Å². The first kappa shape index (κ1) is 18.0. The summed E-state index contributed by atoms with van der Waals surface area (Å²) in [6.45, 7) is 3.17. The van der Waals surface area contributed by atoms with Crippen LogP contribution in [0.2, 0.25) is 0 Å². The van der Waals surface area contributed by atoms with E-state index in [1.165, 1.54) is 29.5 Å². The van der Waals surface area contributed by atoms with Gasteiger partial charge in [0, 0.05) is 18.7 Å². The second-order valence-corrected chi connectivity index (χ2v) is 7.91. The molecule has 0 aromatic heterocycles. The van der Waals surface area contributed by atoms with Crippen molar-refractivity contribution in [2.24, 2.45) is 5.41 Å². The van der Waals surface area contributed by atoms with Gasteiger partial charge in [-0.1, -0.05) is 18.2 Å². The molecule has 5 heteroatoms. The third kappa shape index (κ3) is 3.70. The monoisotopic (exact) mass is 366 g/mol. The fraction of sp³-hybridized carbons (Fsp3) is 0.409. The van der Waals surface area contributed by atoms with Gasteiger partial charge in [-0.05, 0) is 78.6 Å². The van der Waals surface area contributed by atoms with Crippen molar-refractivity contribution < 1.29 is 14.7 Å². The smallest absolute Gasteiger partial charge is 0.274 e. The Labute approximate surface area is 159 Å². The molecule has 1 saturated heterocycles. The van der Waals surface area contributed by atoms with Crippen LogP contribution in [-0.2, 0) is 19.4 Å². The Bertz CT molecular complexity index is 834. The zero-order valence-corrected chi connectivity index (χ0v) is 15.7. The quantitative estimate of drug-likeness (QED) is 0.644. The summed E-state index contributed by atoms with van der Waals surface area (Å²) in [6.07, 6.45) is 4.46. The number of likely N-dealkylation sites (tertiary alicyclic amines) is 1. The minimum Gasteiger partial charge on any atom is -0.497 e. The highest BCUT2D eigenvalue weighted by Gasteiger charge is 2.40. The van der Waals surface area contributed by atoms with Gasteiger partial charge in [0.2, 0.25) is 0 Å². The maximum Gasteiger partial charge on any atom is 0.274 e. The van der Waals surface area contributed by atoms with Gasteiger partial charge in [0.05, 0.1) is 7.11 Å². The number of carbonyl (C=O) groups excluding carboxylic acids is 1. The summed E-state index contributed by atoms with van der Waals surface area (Å²) in [5.41, 5.74) is 6.47. The summed E-state index contributed by atoms with van der Waals surface area (Å²) >= 11 is 0. The van der Waals surface area contributed by atoms with Crippen molar-refractivity contribution in [2.45, 2.75) is 32.2 Å². The van der Waals surface area contributed by atoms with E-state index in [0.717, 1.165) is 38.2 Å². The Morgan fingerprint density at radius 2 is 2.00 bits per heavy atom. The van der Waals surface area contributed by atoms with E-state index in [1.807, 2.05) is 24.3 Å². The number of hydrogen-bond acceptors (Lipinski definition) is 4. The minimum absolute atomic E-state index is 0.299. The molecule has 2 N–H and O–H groups in total. The third-order valence-corrected chi connectivity index (χ3v) is 6.14. The Hall–Kier alpha value is -2.37. The highest BCUT2D eigenvalue weighted by molar-refractivity contribution is 5.93. The molecule has 2 aromatic carbocycles. The van der Waals surface area contributed by atoms with E-state index in [0.29, 0.717) is 11.0 Å². The van der Waals surface area contributed by atoms with E-state index in [9.17, 15) is 4.79 Å². The van der Waals surface area contributed by atoms with Gasteiger partial charge in [-0.25, -0.2) is 5.48 Å². The molecule has 0 bridgehead atoms. The van der Waals surface area contributed by atoms with Crippen LogP contribution in [0.4, 0.5) is 0 Å². The number of amides is 1. The van der Waals surface area contributed by atoms with E-state index in [2.05, 4.69) is 17.0 Å². The molecular weight excluding hydrogens is 340 g/mol. The highest BCUT2D eigenvalue weighted by atomic mass is 16.5. The van der Waals surface area contributed by atoms with Crippen molar-refractivity contribution in [3.8, 4) is 5.75 Å². The predicted octanol–water partition coefficient (Wildman–Crippen LogP) is 3.20. The molecule has 1 amide bonds. The molecule has 0 saturated carbocycles. The van der Waals surface area contributed by atoms with Crippen LogP contribution in [0.1, 0.15) is 39.9 Å². The van der Waals surface area contributed by atoms with Crippen LogP contribution in [0.15, 0.2) is 42.5 Å². The first-order valence-corrected chi connectivity index (χ1v) is 9.52. The Balaban J connectivity index is 1.45. The number of hydrogen-bond donors (Lipinski definition) is 2. The van der Waals surface area contributed by atoms with Crippen molar-refractivity contribution in [3.05, 3.63) is 64.7 Å². The van der Waals surface area contributed by atoms with Crippen LogP contribution < -0.4 is 10.2 Å². The molecule has 1 aliphatic heterocycles. The van der Waals surface area contributed by atoms with Crippen molar-refractivity contribution in [1.29, 1.82) is 0 Å². The van der Waals surface area contributed by atoms with E-state index in [4.69, 9.17) is 9.94 Å². The first-order valence-electron chi connectivity index (χ1n) is 9.52. The van der Waals surface area contributed by atoms with Gasteiger partial charge < -0.3 is 4.74 Å². The van der Waals surface area contributed by atoms with Crippen LogP contribution in [0, 0.1) is 5.41 Å². The van der Waals surface area contributed by atoms with E-state index in [1.54, 1.807) is 18.7 Å². The van der Waals surface area contributed by atoms with Crippen molar-refractivity contribution in [2.75, 3.05) is 20.2 Å². The van der Waals surface area contributed by atoms with Gasteiger partial charge in [-0.2, -0.15) is 0 Å². The largest absolute Gasteiger partial charge is 0.497 e. The number of benzene rings is 2. The van der Waals surface area contributed by atoms with Crippen LogP contribution >= 0.6 is 0 Å². The van der Waals surface area contributed by atoms with Gasteiger partial charge >= 0.3 is 0 Å². The number of nitrogens with zero attached hydrogens (tertiary/aromatic N) is 1. The topological polar surface area (TPSA) is 61.8 Å². The van der Waals surface area contributed by atoms with Crippen molar-refractivity contribution in [3.63, 3.8) is 0 Å². The number of rotatable bonds is 4. The second-order valence-electron chi connectivity index (χ2n) is 7.91. The number of ether oxygens (including phenoxy) is 1. The molecule has 142 valence electrons. The molecule has 1 aliphatic carbocycles. The maximum absolute atomic E-state index is 11.7. The lowest BCUT2D eigenvalue weighted by Crippen LogP contribution is -2.33. The van der Waals surface area contributed by atoms with Gasteiger partial charge in [-0.15, -0.1) is 0 Å². The Kier molecular flexibility index (Phi) is 4.89. The van der Waals surface area contributed by atoms with Gasteiger partial charge in [0.1, 0.15) is 5.75 Å². The molecule has 4 rings (SSSR count). The maximum atomic E-state index is 11.7. The molecule has 1 fully saturated rings. The zero-order chi connectivity index (χ0) is 18.9. The van der Waals surface area contributed by atoms with Crippen molar-refractivity contribution >= 4 is 5.91 Å². The summed E-state index contributed by atoms with van der Waals surface area (Å²) in [6, 6.07) is 14.1. The lowest BCUT2D eigenvalue weighted by atomic mass is 9.71. The van der Waals surface area contributed by atoms with Crippen LogP contribution in [0.25, 0.3) is 0 Å². The lowest BCUT2D eigenvalue weighted by Gasteiger charge is -2.35. The molecule has 1 atom stereocenters. The summed E-state index contributed by atoms with van der Waals surface area (Å²) in [5, 5.41) is 8.89. The number of aryl methyl sites for hydroxylation is 1. The van der Waals surface area contributed by atoms with E-state index >= 15 is 0 Å². The number of methoxy groups -OCH3 is 1. The first-order chi connectivity index (χ1) is 13.1. The summed E-state index contributed by atoms with van der Waals surface area (Å²) < 4.78 is 5.24.